The summed E-state index contributed by atoms with van der Waals surface area (Å²) in [6.07, 6.45) is 1.63. The number of hydrogen-bond acceptors (Lipinski definition) is 7. The standard InChI is InChI=1S/C22H31N7O5S/c1-13(19(30)26-14(2)22(33)34-4)25-21(32)18(7-5-6-12-24-15(3)35)27-20(31)16-8-10-17(11-9-16)28-29-23/h8-11,13-14,18H,5-7,12H2,1-4H3,(H,24,35)(H,25,32)(H,26,30)(H,27,31)/t13-,14-,18-/m0/s1. The van der Waals surface area contributed by atoms with Crippen LogP contribution in [0.5, 0.6) is 0 Å². The fraction of sp³-hybridized carbons (Fsp3) is 0.500. The summed E-state index contributed by atoms with van der Waals surface area (Å²) in [5, 5.41) is 14.2. The Morgan fingerprint density at radius 2 is 1.66 bits per heavy atom. The predicted octanol–water partition coefficient (Wildman–Crippen LogP) is 2.02. The van der Waals surface area contributed by atoms with E-state index in [0.29, 0.717) is 36.5 Å². The first-order chi connectivity index (χ1) is 16.6. The van der Waals surface area contributed by atoms with Gasteiger partial charge in [0, 0.05) is 22.7 Å². The summed E-state index contributed by atoms with van der Waals surface area (Å²) in [6, 6.07) is 3.16. The molecule has 0 spiro atoms. The zero-order valence-electron chi connectivity index (χ0n) is 20.2. The van der Waals surface area contributed by atoms with Crippen molar-refractivity contribution in [3.05, 3.63) is 40.3 Å². The first-order valence-corrected chi connectivity index (χ1v) is 11.4. The van der Waals surface area contributed by atoms with Crippen LogP contribution in [0.3, 0.4) is 0 Å². The normalized spacial score (nSPS) is 12.7. The van der Waals surface area contributed by atoms with E-state index in [0.717, 1.165) is 0 Å². The highest BCUT2D eigenvalue weighted by Gasteiger charge is 2.26. The maximum atomic E-state index is 12.9. The topological polar surface area (TPSA) is 174 Å². The minimum Gasteiger partial charge on any atom is -0.467 e. The number of thiocarbonyl (C=S) groups is 1. The molecule has 1 rings (SSSR count). The molecule has 0 saturated carbocycles. The molecule has 3 amide bonds. The van der Waals surface area contributed by atoms with Crippen LogP contribution in [-0.4, -0.2) is 60.5 Å². The third kappa shape index (κ3) is 10.8. The first-order valence-electron chi connectivity index (χ1n) is 11.0. The molecule has 0 aliphatic carbocycles. The van der Waals surface area contributed by atoms with Crippen LogP contribution < -0.4 is 21.3 Å². The number of ether oxygens (including phenoxy) is 1. The van der Waals surface area contributed by atoms with Gasteiger partial charge in [-0.15, -0.1) is 0 Å². The molecule has 0 bridgehead atoms. The van der Waals surface area contributed by atoms with E-state index in [-0.39, 0.29) is 5.56 Å². The number of methoxy groups -OCH3 is 1. The summed E-state index contributed by atoms with van der Waals surface area (Å²) in [5.74, 6) is -2.23. The van der Waals surface area contributed by atoms with Gasteiger partial charge in [0.2, 0.25) is 11.8 Å². The van der Waals surface area contributed by atoms with Gasteiger partial charge in [0.15, 0.2) is 0 Å². The van der Waals surface area contributed by atoms with Gasteiger partial charge in [-0.2, -0.15) is 0 Å². The maximum Gasteiger partial charge on any atom is 0.328 e. The van der Waals surface area contributed by atoms with Crippen LogP contribution in [0.25, 0.3) is 10.4 Å². The Morgan fingerprint density at radius 3 is 2.23 bits per heavy atom. The SMILES string of the molecule is COC(=O)[C@H](C)NC(=O)[C@H](C)NC(=O)[C@H](CCCCNC(C)=S)NC(=O)c1ccc(N=[N+]=[N-])cc1. The van der Waals surface area contributed by atoms with Crippen molar-refractivity contribution in [3.8, 4) is 0 Å². The van der Waals surface area contributed by atoms with Crippen molar-refractivity contribution in [3.63, 3.8) is 0 Å². The molecule has 190 valence electrons. The minimum absolute atomic E-state index is 0.274. The van der Waals surface area contributed by atoms with Crippen LogP contribution in [0.4, 0.5) is 5.69 Å². The van der Waals surface area contributed by atoms with E-state index in [1.807, 2.05) is 0 Å². The van der Waals surface area contributed by atoms with E-state index in [9.17, 15) is 19.2 Å². The van der Waals surface area contributed by atoms with Gasteiger partial charge in [0.25, 0.3) is 5.91 Å². The van der Waals surface area contributed by atoms with E-state index in [4.69, 9.17) is 17.7 Å². The van der Waals surface area contributed by atoms with Gasteiger partial charge in [0.1, 0.15) is 18.1 Å². The fourth-order valence-electron chi connectivity index (χ4n) is 2.93. The Hall–Kier alpha value is -3.70. The molecule has 0 aliphatic rings. The smallest absolute Gasteiger partial charge is 0.328 e. The molecular weight excluding hydrogens is 474 g/mol. The Labute approximate surface area is 209 Å². The van der Waals surface area contributed by atoms with E-state index >= 15 is 0 Å². The summed E-state index contributed by atoms with van der Waals surface area (Å²) >= 11 is 4.97. The maximum absolute atomic E-state index is 12.9. The average molecular weight is 506 g/mol. The molecule has 3 atom stereocenters. The van der Waals surface area contributed by atoms with Crippen LogP contribution in [0.2, 0.25) is 0 Å². The van der Waals surface area contributed by atoms with Crippen LogP contribution in [0.1, 0.15) is 50.4 Å². The number of esters is 1. The second-order valence-electron chi connectivity index (χ2n) is 7.72. The molecule has 0 radical (unpaired) electrons. The van der Waals surface area contributed by atoms with Gasteiger partial charge in [-0.25, -0.2) is 4.79 Å². The number of benzene rings is 1. The second kappa shape index (κ2) is 15.3. The van der Waals surface area contributed by atoms with Crippen LogP contribution in [0.15, 0.2) is 29.4 Å². The molecule has 13 heteroatoms. The van der Waals surface area contributed by atoms with Gasteiger partial charge in [-0.05, 0) is 57.7 Å². The molecular formula is C22H31N7O5S. The van der Waals surface area contributed by atoms with E-state index in [2.05, 4.69) is 36.0 Å². The molecule has 4 N–H and O–H groups in total. The number of nitrogens with zero attached hydrogens (tertiary/aromatic N) is 3. The predicted molar refractivity (Wildman–Crippen MR) is 134 cm³/mol. The highest BCUT2D eigenvalue weighted by Crippen LogP contribution is 2.13. The molecule has 35 heavy (non-hydrogen) atoms. The van der Waals surface area contributed by atoms with E-state index < -0.39 is 41.8 Å². The third-order valence-corrected chi connectivity index (χ3v) is 5.01. The van der Waals surface area contributed by atoms with Gasteiger partial charge in [-0.3, -0.25) is 14.4 Å². The summed E-state index contributed by atoms with van der Waals surface area (Å²) in [4.78, 5) is 52.9. The summed E-state index contributed by atoms with van der Waals surface area (Å²) in [7, 11) is 1.21. The molecule has 0 unspecified atom stereocenters. The number of unbranched alkanes of at least 4 members (excludes halogenated alkanes) is 1. The molecule has 1 aromatic carbocycles. The van der Waals surface area contributed by atoms with E-state index in [1.54, 1.807) is 6.92 Å². The van der Waals surface area contributed by atoms with Crippen molar-refractivity contribution in [2.45, 2.75) is 58.2 Å². The summed E-state index contributed by atoms with van der Waals surface area (Å²) in [6.45, 7) is 5.33. The number of carbonyl (C=O) groups is 4. The Kier molecular flexibility index (Phi) is 12.8. The lowest BCUT2D eigenvalue weighted by Gasteiger charge is -2.22. The molecule has 12 nitrogen and oxygen atoms in total. The molecule has 0 fully saturated rings. The zero-order valence-corrected chi connectivity index (χ0v) is 21.0. The first kappa shape index (κ1) is 29.3. The molecule has 0 aliphatic heterocycles. The number of amides is 3. The summed E-state index contributed by atoms with van der Waals surface area (Å²) in [5.41, 5.74) is 9.12. The highest BCUT2D eigenvalue weighted by atomic mass is 32.1. The fourth-order valence-corrected chi connectivity index (χ4v) is 3.04. The van der Waals surface area contributed by atoms with Gasteiger partial charge in [0.05, 0.1) is 12.1 Å². The van der Waals surface area contributed by atoms with Crippen molar-refractivity contribution in [1.29, 1.82) is 0 Å². The van der Waals surface area contributed by atoms with Crippen molar-refractivity contribution in [2.75, 3.05) is 13.7 Å². The van der Waals surface area contributed by atoms with Crippen molar-refractivity contribution >= 4 is 46.6 Å². The Bertz CT molecular complexity index is 963. The monoisotopic (exact) mass is 505 g/mol. The van der Waals surface area contributed by atoms with Crippen LogP contribution in [-0.2, 0) is 19.1 Å². The number of rotatable bonds is 13. The lowest BCUT2D eigenvalue weighted by molar-refractivity contribution is -0.144. The number of hydrogen-bond donors (Lipinski definition) is 4. The van der Waals surface area contributed by atoms with Crippen LogP contribution in [0, 0.1) is 0 Å². The molecule has 1 aromatic rings. The lowest BCUT2D eigenvalue weighted by atomic mass is 10.1. The molecule has 0 heterocycles. The average Bonchev–Trinajstić information content (AvgIpc) is 2.82. The van der Waals surface area contributed by atoms with Crippen molar-refractivity contribution in [1.82, 2.24) is 21.3 Å². The number of carbonyl (C=O) groups excluding carboxylic acids is 4. The highest BCUT2D eigenvalue weighted by molar-refractivity contribution is 7.80. The van der Waals surface area contributed by atoms with Gasteiger partial charge < -0.3 is 26.0 Å². The van der Waals surface area contributed by atoms with E-state index in [1.165, 1.54) is 45.2 Å². The Balaban J connectivity index is 2.84. The van der Waals surface area contributed by atoms with Gasteiger partial charge in [-0.1, -0.05) is 29.5 Å². The number of nitrogens with one attached hydrogen (secondary N) is 4. The lowest BCUT2D eigenvalue weighted by Crippen LogP contribution is -2.54. The molecule has 0 saturated heterocycles. The van der Waals surface area contributed by atoms with Gasteiger partial charge >= 0.3 is 5.97 Å². The zero-order chi connectivity index (χ0) is 26.4. The molecule has 0 aromatic heterocycles. The quantitative estimate of drug-likeness (QED) is 0.0792. The second-order valence-corrected chi connectivity index (χ2v) is 8.34. The van der Waals surface area contributed by atoms with Crippen LogP contribution >= 0.6 is 12.2 Å². The number of azide groups is 1. The Morgan fingerprint density at radius 1 is 1.03 bits per heavy atom. The third-order valence-electron chi connectivity index (χ3n) is 4.87. The largest absolute Gasteiger partial charge is 0.467 e. The van der Waals surface area contributed by atoms with Crippen molar-refractivity contribution < 1.29 is 23.9 Å². The van der Waals surface area contributed by atoms with Crippen molar-refractivity contribution in [2.24, 2.45) is 5.11 Å². The summed E-state index contributed by atoms with van der Waals surface area (Å²) < 4.78 is 4.57. The minimum atomic E-state index is -0.962.